The Morgan fingerprint density at radius 1 is 1.10 bits per heavy atom. The normalized spacial score (nSPS) is 16.2. The molecule has 1 fully saturated rings. The maximum Gasteiger partial charge on any atom is 0.241 e. The number of rotatable bonds is 5. The molecule has 1 saturated heterocycles. The van der Waals surface area contributed by atoms with Gasteiger partial charge in [0.1, 0.15) is 5.82 Å². The Hall–Kier alpha value is -3.22. The van der Waals surface area contributed by atoms with Gasteiger partial charge < -0.3 is 15.5 Å². The Kier molecular flexibility index (Phi) is 6.59. The van der Waals surface area contributed by atoms with Gasteiger partial charge in [0.25, 0.3) is 0 Å². The van der Waals surface area contributed by atoms with Crippen LogP contribution in [0.2, 0.25) is 0 Å². The minimum Gasteiger partial charge on any atom is -0.347 e. The number of benzene rings is 2. The second-order valence-electron chi connectivity index (χ2n) is 7.17. The number of nitrogens with one attached hydrogen (secondary N) is 2. The standard InChI is InChI=1S/C22H24FN3O3/c1-15(27)24-13-21(28)26-11-3-5-18(14-26)22(29)25-20-6-2-4-17(12-20)16-7-9-19(23)10-8-16/h2,4,6-10,12,18H,3,5,11,13-14H2,1H3,(H,24,27)(H,25,29)/t18-/m0/s1. The van der Waals surface area contributed by atoms with Crippen LogP contribution in [0, 0.1) is 11.7 Å². The van der Waals surface area contributed by atoms with Gasteiger partial charge in [-0.05, 0) is 48.2 Å². The highest BCUT2D eigenvalue weighted by Crippen LogP contribution is 2.24. The highest BCUT2D eigenvalue weighted by molar-refractivity contribution is 5.94. The SMILES string of the molecule is CC(=O)NCC(=O)N1CCC[C@H](C(=O)Nc2cccc(-c3ccc(F)cc3)c2)C1. The number of halogens is 1. The molecule has 29 heavy (non-hydrogen) atoms. The third kappa shape index (κ3) is 5.63. The van der Waals surface area contributed by atoms with E-state index in [4.69, 9.17) is 0 Å². The van der Waals surface area contributed by atoms with E-state index >= 15 is 0 Å². The van der Waals surface area contributed by atoms with Gasteiger partial charge in [-0.1, -0.05) is 24.3 Å². The quantitative estimate of drug-likeness (QED) is 0.814. The molecule has 3 amide bonds. The fraction of sp³-hybridized carbons (Fsp3) is 0.318. The second kappa shape index (κ2) is 9.32. The van der Waals surface area contributed by atoms with Crippen LogP contribution in [0.4, 0.5) is 10.1 Å². The number of amides is 3. The molecule has 0 bridgehead atoms. The van der Waals surface area contributed by atoms with Gasteiger partial charge in [-0.25, -0.2) is 4.39 Å². The summed E-state index contributed by atoms with van der Waals surface area (Å²) in [6, 6.07) is 13.5. The average Bonchev–Trinajstić information content (AvgIpc) is 2.72. The predicted octanol–water partition coefficient (Wildman–Crippen LogP) is 2.81. The van der Waals surface area contributed by atoms with Gasteiger partial charge in [0.05, 0.1) is 12.5 Å². The zero-order chi connectivity index (χ0) is 20.8. The molecule has 0 radical (unpaired) electrons. The number of hydrogen-bond donors (Lipinski definition) is 2. The number of hydrogen-bond acceptors (Lipinski definition) is 3. The van der Waals surface area contributed by atoms with Crippen molar-refractivity contribution < 1.29 is 18.8 Å². The first-order valence-corrected chi connectivity index (χ1v) is 9.61. The third-order valence-corrected chi connectivity index (χ3v) is 4.94. The van der Waals surface area contributed by atoms with E-state index in [1.165, 1.54) is 19.1 Å². The lowest BCUT2D eigenvalue weighted by molar-refractivity contribution is -0.135. The molecule has 2 aromatic rings. The molecule has 2 aromatic carbocycles. The zero-order valence-electron chi connectivity index (χ0n) is 16.3. The predicted molar refractivity (Wildman–Crippen MR) is 108 cm³/mol. The van der Waals surface area contributed by atoms with Crippen LogP contribution < -0.4 is 10.6 Å². The summed E-state index contributed by atoms with van der Waals surface area (Å²) in [5.41, 5.74) is 2.38. The molecule has 1 atom stereocenters. The van der Waals surface area contributed by atoms with Crippen molar-refractivity contribution in [3.05, 3.63) is 54.3 Å². The van der Waals surface area contributed by atoms with Crippen LogP contribution in [0.15, 0.2) is 48.5 Å². The molecule has 0 unspecified atom stereocenters. The van der Waals surface area contributed by atoms with Crippen LogP contribution in [-0.2, 0) is 14.4 Å². The average molecular weight is 397 g/mol. The van der Waals surface area contributed by atoms with E-state index in [0.29, 0.717) is 25.2 Å². The van der Waals surface area contributed by atoms with Gasteiger partial charge in [0, 0.05) is 25.7 Å². The first-order valence-electron chi connectivity index (χ1n) is 9.61. The van der Waals surface area contributed by atoms with Gasteiger partial charge in [0.2, 0.25) is 17.7 Å². The Morgan fingerprint density at radius 3 is 2.59 bits per heavy atom. The first kappa shape index (κ1) is 20.5. The molecule has 152 valence electrons. The van der Waals surface area contributed by atoms with Crippen LogP contribution in [0.3, 0.4) is 0 Å². The molecule has 1 heterocycles. The summed E-state index contributed by atoms with van der Waals surface area (Å²) in [5, 5.41) is 5.42. The lowest BCUT2D eigenvalue weighted by Gasteiger charge is -2.32. The molecule has 7 heteroatoms. The third-order valence-electron chi connectivity index (χ3n) is 4.94. The first-order chi connectivity index (χ1) is 13.9. The lowest BCUT2D eigenvalue weighted by Crippen LogP contribution is -2.47. The molecule has 6 nitrogen and oxygen atoms in total. The van der Waals surface area contributed by atoms with Crippen molar-refractivity contribution in [3.63, 3.8) is 0 Å². The van der Waals surface area contributed by atoms with E-state index in [9.17, 15) is 18.8 Å². The largest absolute Gasteiger partial charge is 0.347 e. The molecule has 3 rings (SSSR count). The molecular formula is C22H24FN3O3. The summed E-state index contributed by atoms with van der Waals surface area (Å²) < 4.78 is 13.1. The number of carbonyl (C=O) groups is 3. The number of likely N-dealkylation sites (tertiary alicyclic amines) is 1. The Bertz CT molecular complexity index is 898. The highest BCUT2D eigenvalue weighted by Gasteiger charge is 2.28. The topological polar surface area (TPSA) is 78.5 Å². The van der Waals surface area contributed by atoms with Crippen LogP contribution in [0.1, 0.15) is 19.8 Å². The summed E-state index contributed by atoms with van der Waals surface area (Å²) in [4.78, 5) is 37.5. The maximum absolute atomic E-state index is 13.1. The summed E-state index contributed by atoms with van der Waals surface area (Å²) in [6.07, 6.45) is 1.44. The number of nitrogens with zero attached hydrogens (tertiary/aromatic N) is 1. The molecule has 1 aliphatic heterocycles. The van der Waals surface area contributed by atoms with E-state index < -0.39 is 0 Å². The minimum atomic E-state index is -0.306. The maximum atomic E-state index is 13.1. The van der Waals surface area contributed by atoms with E-state index in [1.54, 1.807) is 23.1 Å². The van der Waals surface area contributed by atoms with E-state index in [1.807, 2.05) is 18.2 Å². The van der Waals surface area contributed by atoms with Crippen molar-refractivity contribution in [2.75, 3.05) is 25.0 Å². The monoisotopic (exact) mass is 397 g/mol. The molecule has 2 N–H and O–H groups in total. The summed E-state index contributed by atoms with van der Waals surface area (Å²) in [5.74, 6) is -1.19. The van der Waals surface area contributed by atoms with Gasteiger partial charge >= 0.3 is 0 Å². The van der Waals surface area contributed by atoms with Gasteiger partial charge in [-0.15, -0.1) is 0 Å². The summed E-state index contributed by atoms with van der Waals surface area (Å²) >= 11 is 0. The van der Waals surface area contributed by atoms with Gasteiger partial charge in [0.15, 0.2) is 0 Å². The van der Waals surface area contributed by atoms with Crippen molar-refractivity contribution >= 4 is 23.4 Å². The Labute approximate surface area is 169 Å². The van der Waals surface area contributed by atoms with E-state index in [2.05, 4.69) is 10.6 Å². The fourth-order valence-corrected chi connectivity index (χ4v) is 3.39. The zero-order valence-corrected chi connectivity index (χ0v) is 16.3. The molecule has 0 aromatic heterocycles. The number of piperidine rings is 1. The smallest absolute Gasteiger partial charge is 0.241 e. The molecule has 0 aliphatic carbocycles. The van der Waals surface area contributed by atoms with E-state index in [0.717, 1.165) is 17.5 Å². The highest BCUT2D eigenvalue weighted by atomic mass is 19.1. The molecular weight excluding hydrogens is 373 g/mol. The van der Waals surface area contributed by atoms with Crippen molar-refractivity contribution in [1.29, 1.82) is 0 Å². The van der Waals surface area contributed by atoms with Crippen molar-refractivity contribution in [2.24, 2.45) is 5.92 Å². The Balaban J connectivity index is 1.62. The number of carbonyl (C=O) groups excluding carboxylic acids is 3. The minimum absolute atomic E-state index is 0.0522. The van der Waals surface area contributed by atoms with Crippen LogP contribution >= 0.6 is 0 Å². The van der Waals surface area contributed by atoms with Crippen molar-refractivity contribution in [1.82, 2.24) is 10.2 Å². The van der Waals surface area contributed by atoms with Gasteiger partial charge in [-0.2, -0.15) is 0 Å². The summed E-state index contributed by atoms with van der Waals surface area (Å²) in [6.45, 7) is 2.23. The van der Waals surface area contributed by atoms with Crippen molar-refractivity contribution in [2.45, 2.75) is 19.8 Å². The molecule has 0 spiro atoms. The molecule has 0 saturated carbocycles. The van der Waals surface area contributed by atoms with E-state index in [-0.39, 0.29) is 36.0 Å². The van der Waals surface area contributed by atoms with Crippen LogP contribution in [0.25, 0.3) is 11.1 Å². The summed E-state index contributed by atoms with van der Waals surface area (Å²) in [7, 11) is 0. The molecule has 1 aliphatic rings. The Morgan fingerprint density at radius 2 is 1.86 bits per heavy atom. The van der Waals surface area contributed by atoms with Crippen molar-refractivity contribution in [3.8, 4) is 11.1 Å². The van der Waals surface area contributed by atoms with Gasteiger partial charge in [-0.3, -0.25) is 14.4 Å². The fourth-order valence-electron chi connectivity index (χ4n) is 3.39. The number of anilines is 1. The lowest BCUT2D eigenvalue weighted by atomic mass is 9.96. The second-order valence-corrected chi connectivity index (χ2v) is 7.17. The van der Waals surface area contributed by atoms with Crippen LogP contribution in [0.5, 0.6) is 0 Å². The van der Waals surface area contributed by atoms with Crippen LogP contribution in [-0.4, -0.2) is 42.3 Å².